The van der Waals surface area contributed by atoms with Gasteiger partial charge in [-0.1, -0.05) is 6.92 Å². The molecule has 1 N–H and O–H groups in total. The normalized spacial score (nSPS) is 12.7. The van der Waals surface area contributed by atoms with Gasteiger partial charge in [0.05, 0.1) is 0 Å². The minimum atomic E-state index is -0.969. The van der Waals surface area contributed by atoms with Gasteiger partial charge in [0.1, 0.15) is 5.75 Å². The standard InChI is InChI=1S/C5H11NO2S/c1-3-9(8)4-5(7)6-2/h3-4H2,1-2H3,(H,6,7). The van der Waals surface area contributed by atoms with Crippen molar-refractivity contribution in [2.24, 2.45) is 0 Å². The lowest BCUT2D eigenvalue weighted by Crippen LogP contribution is -2.24. The maximum absolute atomic E-state index is 10.6. The quantitative estimate of drug-likeness (QED) is 0.588. The van der Waals surface area contributed by atoms with Crippen LogP contribution >= 0.6 is 0 Å². The van der Waals surface area contributed by atoms with E-state index in [2.05, 4.69) is 5.32 Å². The molecule has 0 heterocycles. The van der Waals surface area contributed by atoms with Crippen molar-refractivity contribution in [1.29, 1.82) is 0 Å². The van der Waals surface area contributed by atoms with E-state index in [0.717, 1.165) is 0 Å². The number of hydrogen-bond acceptors (Lipinski definition) is 2. The smallest absolute Gasteiger partial charge is 0.232 e. The van der Waals surface area contributed by atoms with E-state index in [4.69, 9.17) is 0 Å². The molecule has 54 valence electrons. The molecule has 3 nitrogen and oxygen atoms in total. The van der Waals surface area contributed by atoms with Crippen LogP contribution in [0, 0.1) is 0 Å². The molecule has 1 amide bonds. The molecule has 0 aliphatic rings. The molecule has 0 aliphatic heterocycles. The van der Waals surface area contributed by atoms with E-state index in [1.165, 1.54) is 7.05 Å². The second-order valence-electron chi connectivity index (χ2n) is 1.55. The molecular formula is C5H11NO2S. The van der Waals surface area contributed by atoms with Crippen molar-refractivity contribution in [3.05, 3.63) is 0 Å². The van der Waals surface area contributed by atoms with Crippen molar-refractivity contribution in [2.45, 2.75) is 6.92 Å². The molecule has 0 saturated carbocycles. The lowest BCUT2D eigenvalue weighted by Gasteiger charge is -1.95. The summed E-state index contributed by atoms with van der Waals surface area (Å²) in [6, 6.07) is 0. The molecule has 1 atom stereocenters. The lowest BCUT2D eigenvalue weighted by molar-refractivity contribution is -0.118. The Kier molecular flexibility index (Phi) is 4.30. The van der Waals surface area contributed by atoms with Crippen LogP contribution < -0.4 is 5.32 Å². The Labute approximate surface area is 57.3 Å². The first-order chi connectivity index (χ1) is 4.20. The second kappa shape index (κ2) is 4.49. The highest BCUT2D eigenvalue weighted by molar-refractivity contribution is 7.85. The average molecular weight is 149 g/mol. The molecular weight excluding hydrogens is 138 g/mol. The molecule has 0 aliphatic carbocycles. The molecule has 4 heteroatoms. The number of nitrogens with one attached hydrogen (secondary N) is 1. The first-order valence-electron chi connectivity index (χ1n) is 2.76. The minimum absolute atomic E-state index is 0.132. The molecule has 9 heavy (non-hydrogen) atoms. The molecule has 1 unspecified atom stereocenters. The van der Waals surface area contributed by atoms with Gasteiger partial charge in [-0.2, -0.15) is 0 Å². The van der Waals surface area contributed by atoms with Gasteiger partial charge < -0.3 is 5.32 Å². The Bertz CT molecular complexity index is 110. The van der Waals surface area contributed by atoms with E-state index in [1.54, 1.807) is 6.92 Å². The second-order valence-corrected chi connectivity index (χ2v) is 3.29. The van der Waals surface area contributed by atoms with Crippen molar-refractivity contribution < 1.29 is 9.00 Å². The van der Waals surface area contributed by atoms with Crippen LogP contribution in [-0.4, -0.2) is 28.7 Å². The zero-order chi connectivity index (χ0) is 7.28. The predicted molar refractivity (Wildman–Crippen MR) is 37.6 cm³/mol. The van der Waals surface area contributed by atoms with E-state index in [9.17, 15) is 9.00 Å². The van der Waals surface area contributed by atoms with E-state index in [-0.39, 0.29) is 11.7 Å². The summed E-state index contributed by atoms with van der Waals surface area (Å²) in [6.45, 7) is 1.79. The fourth-order valence-corrected chi connectivity index (χ4v) is 0.961. The monoisotopic (exact) mass is 149 g/mol. The van der Waals surface area contributed by atoms with Gasteiger partial charge in [-0.15, -0.1) is 0 Å². The van der Waals surface area contributed by atoms with E-state index in [0.29, 0.717) is 5.75 Å². The van der Waals surface area contributed by atoms with Crippen LogP contribution in [-0.2, 0) is 15.6 Å². The number of carbonyl (C=O) groups excluding carboxylic acids is 1. The molecule has 0 aromatic heterocycles. The Hall–Kier alpha value is -0.380. The topological polar surface area (TPSA) is 46.2 Å². The third-order valence-electron chi connectivity index (χ3n) is 0.893. The summed E-state index contributed by atoms with van der Waals surface area (Å²) in [5, 5.41) is 2.40. The summed E-state index contributed by atoms with van der Waals surface area (Å²) in [5.74, 6) is 0.524. The molecule has 0 aromatic rings. The van der Waals surface area contributed by atoms with Crippen molar-refractivity contribution in [3.63, 3.8) is 0 Å². The average Bonchev–Trinajstić information content (AvgIpc) is 1.87. The Morgan fingerprint density at radius 2 is 2.22 bits per heavy atom. The molecule has 0 rings (SSSR count). The van der Waals surface area contributed by atoms with Crippen LogP contribution in [0.3, 0.4) is 0 Å². The summed E-state index contributed by atoms with van der Waals surface area (Å²) in [7, 11) is 0.568. The van der Waals surface area contributed by atoms with Crippen LogP contribution in [0.1, 0.15) is 6.92 Å². The van der Waals surface area contributed by atoms with E-state index >= 15 is 0 Å². The van der Waals surface area contributed by atoms with Gasteiger partial charge in [-0.05, 0) is 0 Å². The van der Waals surface area contributed by atoms with Crippen molar-refractivity contribution in [3.8, 4) is 0 Å². The minimum Gasteiger partial charge on any atom is -0.358 e. The van der Waals surface area contributed by atoms with Crippen LogP contribution in [0.15, 0.2) is 0 Å². The maximum Gasteiger partial charge on any atom is 0.232 e. The fraction of sp³-hybridized carbons (Fsp3) is 0.800. The summed E-state index contributed by atoms with van der Waals surface area (Å²) in [6.07, 6.45) is 0. The van der Waals surface area contributed by atoms with Gasteiger partial charge in [0.2, 0.25) is 5.91 Å². The van der Waals surface area contributed by atoms with Gasteiger partial charge >= 0.3 is 0 Å². The maximum atomic E-state index is 10.6. The third kappa shape index (κ3) is 4.14. The zero-order valence-corrected chi connectivity index (χ0v) is 6.46. The highest BCUT2D eigenvalue weighted by Gasteiger charge is 2.01. The molecule has 0 saturated heterocycles. The van der Waals surface area contributed by atoms with Crippen LogP contribution in [0.5, 0.6) is 0 Å². The number of rotatable bonds is 3. The Morgan fingerprint density at radius 3 is 2.56 bits per heavy atom. The Morgan fingerprint density at radius 1 is 1.67 bits per heavy atom. The summed E-state index contributed by atoms with van der Waals surface area (Å²) < 4.78 is 10.6. The molecule has 0 radical (unpaired) electrons. The van der Waals surface area contributed by atoms with Crippen molar-refractivity contribution in [1.82, 2.24) is 5.32 Å². The fourth-order valence-electron chi connectivity index (χ4n) is 0.320. The van der Waals surface area contributed by atoms with Gasteiger partial charge in [-0.3, -0.25) is 9.00 Å². The zero-order valence-electron chi connectivity index (χ0n) is 5.64. The van der Waals surface area contributed by atoms with Crippen LogP contribution in [0.25, 0.3) is 0 Å². The first-order valence-corrected chi connectivity index (χ1v) is 4.25. The molecule has 0 spiro atoms. The van der Waals surface area contributed by atoms with Gasteiger partial charge in [0.15, 0.2) is 0 Å². The van der Waals surface area contributed by atoms with Crippen molar-refractivity contribution >= 4 is 16.7 Å². The Balaban J connectivity index is 3.47. The summed E-state index contributed by atoms with van der Waals surface area (Å²) >= 11 is 0. The van der Waals surface area contributed by atoms with E-state index in [1.807, 2.05) is 0 Å². The van der Waals surface area contributed by atoms with Crippen LogP contribution in [0.2, 0.25) is 0 Å². The summed E-state index contributed by atoms with van der Waals surface area (Å²) in [4.78, 5) is 10.5. The summed E-state index contributed by atoms with van der Waals surface area (Å²) in [5.41, 5.74) is 0. The molecule has 0 bridgehead atoms. The SMILES string of the molecule is CCS(=O)CC(=O)NC. The predicted octanol–water partition coefficient (Wildman–Crippen LogP) is -0.499. The largest absolute Gasteiger partial charge is 0.358 e. The lowest BCUT2D eigenvalue weighted by atomic mass is 10.7. The molecule has 0 fully saturated rings. The van der Waals surface area contributed by atoms with Crippen molar-refractivity contribution in [2.75, 3.05) is 18.6 Å². The van der Waals surface area contributed by atoms with Gasteiger partial charge in [-0.25, -0.2) is 0 Å². The van der Waals surface area contributed by atoms with Crippen LogP contribution in [0.4, 0.5) is 0 Å². The number of hydrogen-bond donors (Lipinski definition) is 1. The van der Waals surface area contributed by atoms with E-state index < -0.39 is 10.8 Å². The first kappa shape index (κ1) is 8.62. The number of amides is 1. The third-order valence-corrected chi connectivity index (χ3v) is 2.12. The van der Waals surface area contributed by atoms with Gasteiger partial charge in [0.25, 0.3) is 0 Å². The highest BCUT2D eigenvalue weighted by atomic mass is 32.2. The highest BCUT2D eigenvalue weighted by Crippen LogP contribution is 1.79. The van der Waals surface area contributed by atoms with Gasteiger partial charge in [0, 0.05) is 23.6 Å². The molecule has 0 aromatic carbocycles. The number of carbonyl (C=O) groups is 1.